The summed E-state index contributed by atoms with van der Waals surface area (Å²) in [6.07, 6.45) is -0.529. The molecular formula is C17H18Cl2N3O3-. The van der Waals surface area contributed by atoms with Crippen molar-refractivity contribution in [3.63, 3.8) is 0 Å². The van der Waals surface area contributed by atoms with E-state index in [-0.39, 0.29) is 18.3 Å². The van der Waals surface area contributed by atoms with Crippen LogP contribution >= 0.6 is 23.2 Å². The minimum absolute atomic E-state index is 0.181. The van der Waals surface area contributed by atoms with Gasteiger partial charge in [0.2, 0.25) is 5.91 Å². The molecule has 0 unspecified atom stereocenters. The van der Waals surface area contributed by atoms with Crippen molar-refractivity contribution in [1.82, 2.24) is 9.78 Å². The van der Waals surface area contributed by atoms with Crippen LogP contribution in [0.25, 0.3) is 5.69 Å². The maximum Gasteiger partial charge on any atom is 0.225 e. The van der Waals surface area contributed by atoms with Crippen LogP contribution in [0, 0.1) is 0 Å². The van der Waals surface area contributed by atoms with Crippen LogP contribution in [0.5, 0.6) is 0 Å². The minimum atomic E-state index is -1.27. The summed E-state index contributed by atoms with van der Waals surface area (Å²) in [5.41, 5.74) is 1.14. The number of rotatable bonds is 5. The van der Waals surface area contributed by atoms with Gasteiger partial charge in [-0.05, 0) is 24.6 Å². The molecule has 1 amide bonds. The molecule has 0 aliphatic rings. The Balaban J connectivity index is 2.39. The highest BCUT2D eigenvalue weighted by Gasteiger charge is 2.21. The Morgan fingerprint density at radius 1 is 1.16 bits per heavy atom. The van der Waals surface area contributed by atoms with Crippen LogP contribution in [0.2, 0.25) is 10.0 Å². The highest BCUT2D eigenvalue weighted by Crippen LogP contribution is 2.29. The van der Waals surface area contributed by atoms with Crippen LogP contribution in [-0.4, -0.2) is 21.7 Å². The molecule has 8 heteroatoms. The Bertz CT molecular complexity index is 810. The summed E-state index contributed by atoms with van der Waals surface area (Å²) >= 11 is 12.0. The van der Waals surface area contributed by atoms with Crippen LogP contribution in [0.15, 0.2) is 24.3 Å². The molecule has 0 bridgehead atoms. The maximum atomic E-state index is 12.0. The molecule has 1 aromatic carbocycles. The van der Waals surface area contributed by atoms with Gasteiger partial charge < -0.3 is 15.2 Å². The van der Waals surface area contributed by atoms with Crippen LogP contribution in [0.1, 0.15) is 39.3 Å². The predicted molar refractivity (Wildman–Crippen MR) is 95.2 cm³/mol. The topological polar surface area (TPSA) is 87.0 Å². The lowest BCUT2D eigenvalue weighted by molar-refractivity contribution is -0.305. The van der Waals surface area contributed by atoms with Crippen molar-refractivity contribution in [2.75, 3.05) is 5.32 Å². The molecule has 0 spiro atoms. The fourth-order valence-corrected chi connectivity index (χ4v) is 2.36. The molecule has 0 atom stereocenters. The van der Waals surface area contributed by atoms with E-state index in [0.29, 0.717) is 21.6 Å². The lowest BCUT2D eigenvalue weighted by atomic mass is 9.92. The van der Waals surface area contributed by atoms with Gasteiger partial charge >= 0.3 is 0 Å². The highest BCUT2D eigenvalue weighted by atomic mass is 35.5. The summed E-state index contributed by atoms with van der Waals surface area (Å²) in [5.74, 6) is -1.29. The van der Waals surface area contributed by atoms with E-state index in [1.54, 1.807) is 28.9 Å². The second kappa shape index (κ2) is 7.45. The van der Waals surface area contributed by atoms with Gasteiger partial charge in [0.15, 0.2) is 0 Å². The monoisotopic (exact) mass is 382 g/mol. The highest BCUT2D eigenvalue weighted by molar-refractivity contribution is 6.42. The molecule has 0 radical (unpaired) electrons. The van der Waals surface area contributed by atoms with Gasteiger partial charge in [-0.3, -0.25) is 4.79 Å². The van der Waals surface area contributed by atoms with Crippen molar-refractivity contribution in [3.05, 3.63) is 40.0 Å². The Hall–Kier alpha value is -2.05. The zero-order valence-corrected chi connectivity index (χ0v) is 15.6. The largest absolute Gasteiger partial charge is 0.550 e. The number of benzene rings is 1. The van der Waals surface area contributed by atoms with Gasteiger partial charge in [0, 0.05) is 23.9 Å². The van der Waals surface area contributed by atoms with E-state index < -0.39 is 11.9 Å². The number of carboxylic acid groups (broad SMARTS) is 1. The first-order valence-electron chi connectivity index (χ1n) is 7.63. The molecule has 2 aromatic rings. The van der Waals surface area contributed by atoms with Gasteiger partial charge in [-0.2, -0.15) is 5.10 Å². The molecular weight excluding hydrogens is 365 g/mol. The van der Waals surface area contributed by atoms with Crippen LogP contribution in [-0.2, 0) is 15.0 Å². The van der Waals surface area contributed by atoms with Gasteiger partial charge in [0.05, 0.1) is 21.4 Å². The SMILES string of the molecule is CC(C)(C)c1cc(NC(=O)CCC(=O)[O-])n(-c2ccc(Cl)c(Cl)c2)n1. The van der Waals surface area contributed by atoms with Gasteiger partial charge in [0.1, 0.15) is 5.82 Å². The van der Waals surface area contributed by atoms with Crippen LogP contribution in [0.3, 0.4) is 0 Å². The van der Waals surface area contributed by atoms with E-state index in [1.807, 2.05) is 20.8 Å². The Morgan fingerprint density at radius 3 is 2.40 bits per heavy atom. The number of carbonyl (C=O) groups is 2. The quantitative estimate of drug-likeness (QED) is 0.860. The number of carbonyl (C=O) groups excluding carboxylic acids is 2. The van der Waals surface area contributed by atoms with E-state index >= 15 is 0 Å². The number of aliphatic carboxylic acids is 1. The molecule has 2 rings (SSSR count). The molecule has 0 aliphatic heterocycles. The summed E-state index contributed by atoms with van der Waals surface area (Å²) in [5, 5.41) is 18.5. The summed E-state index contributed by atoms with van der Waals surface area (Å²) < 4.78 is 1.54. The molecule has 6 nitrogen and oxygen atoms in total. The minimum Gasteiger partial charge on any atom is -0.550 e. The van der Waals surface area contributed by atoms with Crippen molar-refractivity contribution >= 4 is 40.9 Å². The first-order chi connectivity index (χ1) is 11.6. The average Bonchev–Trinajstić information content (AvgIpc) is 2.92. The summed E-state index contributed by atoms with van der Waals surface area (Å²) in [6.45, 7) is 5.99. The van der Waals surface area contributed by atoms with E-state index in [9.17, 15) is 14.7 Å². The summed E-state index contributed by atoms with van der Waals surface area (Å²) in [6, 6.07) is 6.75. The molecule has 0 saturated heterocycles. The number of nitrogens with zero attached hydrogens (tertiary/aromatic N) is 2. The Labute approximate surface area is 155 Å². The number of aromatic nitrogens is 2. The molecule has 1 heterocycles. The molecule has 0 aliphatic carbocycles. The number of halogens is 2. The number of amides is 1. The van der Waals surface area contributed by atoms with Gasteiger partial charge in [0.25, 0.3) is 0 Å². The van der Waals surface area contributed by atoms with E-state index in [1.165, 1.54) is 0 Å². The third-order valence-electron chi connectivity index (χ3n) is 3.45. The Morgan fingerprint density at radius 2 is 1.84 bits per heavy atom. The molecule has 1 N–H and O–H groups in total. The zero-order valence-electron chi connectivity index (χ0n) is 14.1. The van der Waals surface area contributed by atoms with Gasteiger partial charge in [-0.1, -0.05) is 44.0 Å². The molecule has 1 aromatic heterocycles. The first kappa shape index (κ1) is 19.3. The van der Waals surface area contributed by atoms with E-state index in [0.717, 1.165) is 5.69 Å². The Kier molecular flexibility index (Phi) is 5.75. The lowest BCUT2D eigenvalue weighted by Gasteiger charge is -2.14. The normalized spacial score (nSPS) is 11.4. The smallest absolute Gasteiger partial charge is 0.225 e. The van der Waals surface area contributed by atoms with Crippen molar-refractivity contribution < 1.29 is 14.7 Å². The number of carboxylic acids is 1. The fraction of sp³-hybridized carbons (Fsp3) is 0.353. The predicted octanol–water partition coefficient (Wildman–Crippen LogP) is 2.95. The molecule has 25 heavy (non-hydrogen) atoms. The lowest BCUT2D eigenvalue weighted by Crippen LogP contribution is -2.24. The first-order valence-corrected chi connectivity index (χ1v) is 8.39. The van der Waals surface area contributed by atoms with Gasteiger partial charge in [-0.25, -0.2) is 4.68 Å². The average molecular weight is 383 g/mol. The number of hydrogen-bond acceptors (Lipinski definition) is 4. The van der Waals surface area contributed by atoms with Crippen molar-refractivity contribution in [1.29, 1.82) is 0 Å². The van der Waals surface area contributed by atoms with Crippen molar-refractivity contribution in [3.8, 4) is 5.69 Å². The summed E-state index contributed by atoms with van der Waals surface area (Å²) in [4.78, 5) is 22.5. The second-order valence-electron chi connectivity index (χ2n) is 6.60. The second-order valence-corrected chi connectivity index (χ2v) is 7.41. The molecule has 0 saturated carbocycles. The molecule has 0 fully saturated rings. The third kappa shape index (κ3) is 4.96. The van der Waals surface area contributed by atoms with E-state index in [4.69, 9.17) is 23.2 Å². The van der Waals surface area contributed by atoms with Crippen LogP contribution < -0.4 is 10.4 Å². The standard InChI is InChI=1S/C17H19Cl2N3O3/c1-17(2,3)13-9-14(20-15(23)6-7-16(24)25)22(21-13)10-4-5-11(18)12(19)8-10/h4-5,8-9H,6-7H2,1-3H3,(H,20,23)(H,24,25)/p-1. The van der Waals surface area contributed by atoms with Crippen molar-refractivity contribution in [2.45, 2.75) is 39.0 Å². The number of nitrogens with one attached hydrogen (secondary N) is 1. The van der Waals surface area contributed by atoms with Gasteiger partial charge in [-0.15, -0.1) is 0 Å². The summed E-state index contributed by atoms with van der Waals surface area (Å²) in [7, 11) is 0. The fourth-order valence-electron chi connectivity index (χ4n) is 2.07. The maximum absolute atomic E-state index is 12.0. The number of hydrogen-bond donors (Lipinski definition) is 1. The molecule has 134 valence electrons. The number of anilines is 1. The van der Waals surface area contributed by atoms with Crippen LogP contribution in [0.4, 0.5) is 5.82 Å². The van der Waals surface area contributed by atoms with Crippen molar-refractivity contribution in [2.24, 2.45) is 0 Å². The third-order valence-corrected chi connectivity index (χ3v) is 4.19. The zero-order chi connectivity index (χ0) is 18.8. The van der Waals surface area contributed by atoms with E-state index in [2.05, 4.69) is 10.4 Å².